The quantitative estimate of drug-likeness (QED) is 0.100. The second-order valence-electron chi connectivity index (χ2n) is 13.4. The fourth-order valence-corrected chi connectivity index (χ4v) is 8.06. The molecule has 46 heavy (non-hydrogen) atoms. The van der Waals surface area contributed by atoms with Crippen LogP contribution in [0.4, 0.5) is 0 Å². The number of aliphatic hydroxyl groups is 1. The molecule has 13 nitrogen and oxygen atoms in total. The standard InChI is InChI=1S/C31H51N3O8Si.CO2/c1-18(2)31(7,8)43(9,10)42-30-25(33-34-32)19(3)27(24(40-30)17-37-22(6)35)41-29-20(4)28(26(36)21(5)39-29)38-16-23-14-12-11-13-15-23;2-1-3/h11-15,18-21,24-30,36H,16-17H2,1-10H3;/t19-,20+,21?,24?,25?,26-,27+,28?,29+,30+;/m1./s1. The molecule has 0 aliphatic carbocycles. The van der Waals surface area contributed by atoms with Crippen LogP contribution in [-0.4, -0.2) is 81.3 Å². The van der Waals surface area contributed by atoms with E-state index in [2.05, 4.69) is 50.8 Å². The van der Waals surface area contributed by atoms with Crippen LogP contribution in [0, 0.1) is 17.8 Å². The molecule has 0 amide bonds. The van der Waals surface area contributed by atoms with Crippen LogP contribution < -0.4 is 0 Å². The summed E-state index contributed by atoms with van der Waals surface area (Å²) in [6, 6.07) is 9.05. The predicted molar refractivity (Wildman–Crippen MR) is 169 cm³/mol. The monoisotopic (exact) mass is 665 g/mol. The maximum Gasteiger partial charge on any atom is 0.373 e. The van der Waals surface area contributed by atoms with Crippen molar-refractivity contribution in [2.75, 3.05) is 6.61 Å². The molecule has 2 saturated heterocycles. The van der Waals surface area contributed by atoms with E-state index in [1.807, 2.05) is 44.2 Å². The SMILES string of the molecule is CC(=O)OCC1O[C@@H](O[Si](C)(C)C(C)(C)C(C)C)C(N=[N+]=[N-])[C@@H](C)[C@@H]1O[C@@H]1OC(C)[C@@H](O)C(OCc2ccccc2)[C@@H]1C.O=C=O. The highest BCUT2D eigenvalue weighted by Gasteiger charge is 2.52. The summed E-state index contributed by atoms with van der Waals surface area (Å²) in [7, 11) is -2.42. The summed E-state index contributed by atoms with van der Waals surface area (Å²) in [4.78, 5) is 31.2. The average Bonchev–Trinajstić information content (AvgIpc) is 2.98. The van der Waals surface area contributed by atoms with Gasteiger partial charge in [-0.2, -0.15) is 9.59 Å². The highest BCUT2D eigenvalue weighted by molar-refractivity contribution is 6.74. The first-order valence-corrected chi connectivity index (χ1v) is 18.6. The molecule has 1 aromatic rings. The third kappa shape index (κ3) is 9.93. The molecule has 258 valence electrons. The molecule has 0 spiro atoms. The number of nitrogens with zero attached hydrogens (tertiary/aromatic N) is 3. The summed E-state index contributed by atoms with van der Waals surface area (Å²) in [5.74, 6) is -0.848. The van der Waals surface area contributed by atoms with E-state index in [-0.39, 0.29) is 29.6 Å². The minimum Gasteiger partial charge on any atom is -0.463 e. The molecule has 2 fully saturated rings. The zero-order valence-electron chi connectivity index (χ0n) is 28.6. The fourth-order valence-electron chi connectivity index (χ4n) is 5.59. The molecule has 0 bridgehead atoms. The topological polar surface area (TPSA) is 176 Å². The van der Waals surface area contributed by atoms with Gasteiger partial charge < -0.3 is 33.2 Å². The number of esters is 1. The van der Waals surface area contributed by atoms with Crippen LogP contribution in [0.3, 0.4) is 0 Å². The van der Waals surface area contributed by atoms with E-state index < -0.39 is 63.4 Å². The number of ether oxygens (including phenoxy) is 5. The van der Waals surface area contributed by atoms with Crippen molar-refractivity contribution in [3.8, 4) is 0 Å². The van der Waals surface area contributed by atoms with Crippen LogP contribution in [0.1, 0.15) is 61.0 Å². The Morgan fingerprint density at radius 1 is 1.09 bits per heavy atom. The lowest BCUT2D eigenvalue weighted by Gasteiger charge is -2.51. The molecule has 2 heterocycles. The summed E-state index contributed by atoms with van der Waals surface area (Å²) < 4.78 is 37.6. The summed E-state index contributed by atoms with van der Waals surface area (Å²) >= 11 is 0. The van der Waals surface area contributed by atoms with Crippen LogP contribution >= 0.6 is 0 Å². The summed E-state index contributed by atoms with van der Waals surface area (Å²) in [6.07, 6.45) is -4.76. The van der Waals surface area contributed by atoms with Crippen molar-refractivity contribution in [2.45, 2.75) is 129 Å². The van der Waals surface area contributed by atoms with Crippen LogP contribution in [0.25, 0.3) is 10.4 Å². The van der Waals surface area contributed by atoms with Crippen LogP contribution in [0.5, 0.6) is 0 Å². The van der Waals surface area contributed by atoms with Crippen molar-refractivity contribution in [3.05, 3.63) is 46.3 Å². The Morgan fingerprint density at radius 2 is 1.70 bits per heavy atom. The fraction of sp³-hybridized carbons (Fsp3) is 0.750. The molecule has 0 saturated carbocycles. The molecular formula is C32H51N3O10Si. The summed E-state index contributed by atoms with van der Waals surface area (Å²) in [5.41, 5.74) is 10.5. The first-order valence-electron chi connectivity index (χ1n) is 15.7. The lowest BCUT2D eigenvalue weighted by molar-refractivity contribution is -0.325. The second kappa shape index (κ2) is 17.5. The van der Waals surface area contributed by atoms with Gasteiger partial charge in [0.15, 0.2) is 20.9 Å². The Labute approximate surface area is 273 Å². The molecule has 3 rings (SSSR count). The maximum absolute atomic E-state index is 11.8. The second-order valence-corrected chi connectivity index (χ2v) is 18.0. The third-order valence-corrected chi connectivity index (χ3v) is 14.2. The molecule has 1 aromatic carbocycles. The van der Waals surface area contributed by atoms with E-state index in [0.29, 0.717) is 12.5 Å². The van der Waals surface area contributed by atoms with Gasteiger partial charge in [-0.05, 0) is 48.0 Å². The Balaban J connectivity index is 0.00000236. The first kappa shape index (κ1) is 39.5. The van der Waals surface area contributed by atoms with E-state index in [0.717, 1.165) is 5.56 Å². The Bertz CT molecular complexity index is 1190. The number of benzene rings is 1. The highest BCUT2D eigenvalue weighted by Crippen LogP contribution is 2.47. The van der Waals surface area contributed by atoms with Crippen LogP contribution in [-0.2, 0) is 49.1 Å². The molecule has 1 N–H and O–H groups in total. The number of aliphatic hydroxyl groups excluding tert-OH is 1. The van der Waals surface area contributed by atoms with E-state index in [1.165, 1.54) is 6.92 Å². The average molecular weight is 666 g/mol. The zero-order chi connectivity index (χ0) is 34.8. The van der Waals surface area contributed by atoms with E-state index in [4.69, 9.17) is 37.7 Å². The first-order chi connectivity index (χ1) is 21.5. The van der Waals surface area contributed by atoms with Gasteiger partial charge in [-0.3, -0.25) is 4.79 Å². The molecule has 10 atom stereocenters. The Hall–Kier alpha value is -2.64. The lowest BCUT2D eigenvalue weighted by Crippen LogP contribution is -2.61. The smallest absolute Gasteiger partial charge is 0.373 e. The summed E-state index contributed by atoms with van der Waals surface area (Å²) in [5, 5.41) is 15.0. The molecule has 14 heteroatoms. The van der Waals surface area contributed by atoms with Crippen molar-refractivity contribution in [2.24, 2.45) is 22.9 Å². The van der Waals surface area contributed by atoms with Gasteiger partial charge in [-0.15, -0.1) is 0 Å². The molecule has 2 aliphatic rings. The van der Waals surface area contributed by atoms with Gasteiger partial charge in [-0.1, -0.05) is 77.0 Å². The van der Waals surface area contributed by atoms with Gasteiger partial charge in [0, 0.05) is 17.8 Å². The van der Waals surface area contributed by atoms with Crippen molar-refractivity contribution in [3.63, 3.8) is 0 Å². The zero-order valence-corrected chi connectivity index (χ0v) is 29.6. The molecule has 0 radical (unpaired) electrons. The predicted octanol–water partition coefficient (Wildman–Crippen LogP) is 5.38. The van der Waals surface area contributed by atoms with E-state index in [9.17, 15) is 15.4 Å². The summed E-state index contributed by atoms with van der Waals surface area (Å²) in [6.45, 7) is 20.2. The van der Waals surface area contributed by atoms with Crippen LogP contribution in [0.15, 0.2) is 35.4 Å². The highest BCUT2D eigenvalue weighted by atomic mass is 28.4. The van der Waals surface area contributed by atoms with E-state index >= 15 is 0 Å². The van der Waals surface area contributed by atoms with Gasteiger partial charge in [-0.25, -0.2) is 0 Å². The lowest BCUT2D eigenvalue weighted by atomic mass is 9.88. The molecular weight excluding hydrogens is 614 g/mol. The van der Waals surface area contributed by atoms with E-state index in [1.54, 1.807) is 6.92 Å². The molecule has 0 aromatic heterocycles. The van der Waals surface area contributed by atoms with Gasteiger partial charge in [0.2, 0.25) is 0 Å². The number of rotatable bonds is 12. The van der Waals surface area contributed by atoms with Gasteiger partial charge in [0.05, 0.1) is 31.0 Å². The Morgan fingerprint density at radius 3 is 2.24 bits per heavy atom. The number of hydrogen-bond acceptors (Lipinski definition) is 11. The normalized spacial score (nSPS) is 31.6. The van der Waals surface area contributed by atoms with Gasteiger partial charge >= 0.3 is 12.1 Å². The molecule has 4 unspecified atom stereocenters. The molecule has 2 aliphatic heterocycles. The number of hydrogen-bond donors (Lipinski definition) is 1. The third-order valence-electron chi connectivity index (χ3n) is 9.74. The van der Waals surface area contributed by atoms with Gasteiger partial charge in [0.1, 0.15) is 18.8 Å². The Kier molecular flexibility index (Phi) is 15.0. The number of carbonyl (C=O) groups is 1. The maximum atomic E-state index is 11.8. The van der Waals surface area contributed by atoms with Crippen LogP contribution in [0.2, 0.25) is 18.1 Å². The van der Waals surface area contributed by atoms with Crippen molar-refractivity contribution in [1.82, 2.24) is 0 Å². The number of carbonyl (C=O) groups excluding carboxylic acids is 3. The van der Waals surface area contributed by atoms with Crippen molar-refractivity contribution >= 4 is 20.4 Å². The minimum atomic E-state index is -2.42. The largest absolute Gasteiger partial charge is 0.463 e. The van der Waals surface area contributed by atoms with Crippen molar-refractivity contribution < 1.29 is 47.6 Å². The van der Waals surface area contributed by atoms with Crippen molar-refractivity contribution in [1.29, 1.82) is 0 Å². The van der Waals surface area contributed by atoms with Gasteiger partial charge in [0.25, 0.3) is 0 Å². The number of azide groups is 1. The minimum absolute atomic E-state index is 0.0735.